The Morgan fingerprint density at radius 1 is 0.875 bits per heavy atom. The molecule has 0 aliphatic heterocycles. The molecule has 78 valence electrons. The Kier molecular flexibility index (Phi) is 2.26. The van der Waals surface area contributed by atoms with Gasteiger partial charge in [0.25, 0.3) is 0 Å². The minimum atomic E-state index is 0.881. The molecule has 0 spiro atoms. The Morgan fingerprint density at radius 3 is 2.38 bits per heavy atom. The molecule has 0 aliphatic rings. The highest BCUT2D eigenvalue weighted by atomic mass is 79.9. The number of nitrogens with zero attached hydrogens (tertiary/aromatic N) is 2. The molecule has 16 heavy (non-hydrogen) atoms. The molecule has 0 saturated carbocycles. The Morgan fingerprint density at radius 2 is 1.56 bits per heavy atom. The van der Waals surface area contributed by atoms with Gasteiger partial charge >= 0.3 is 0 Å². The number of halogens is 1. The molecular formula is C13H9BrN2. The van der Waals surface area contributed by atoms with E-state index in [-0.39, 0.29) is 0 Å². The predicted molar refractivity (Wildman–Crippen MR) is 68.8 cm³/mol. The van der Waals surface area contributed by atoms with E-state index in [4.69, 9.17) is 0 Å². The maximum Gasteiger partial charge on any atom is 0.136 e. The molecule has 1 aromatic heterocycles. The molecule has 0 atom stereocenters. The molecule has 3 heteroatoms. The third-order valence-electron chi connectivity index (χ3n) is 2.54. The number of hydrogen-bond acceptors (Lipinski definition) is 1. The lowest BCUT2D eigenvalue weighted by atomic mass is 10.2. The maximum atomic E-state index is 4.49. The smallest absolute Gasteiger partial charge is 0.136 e. The normalized spacial score (nSPS) is 10.8. The lowest BCUT2D eigenvalue weighted by Crippen LogP contribution is -1.94. The summed E-state index contributed by atoms with van der Waals surface area (Å²) in [6, 6.07) is 18.3. The van der Waals surface area contributed by atoms with E-state index in [0.717, 1.165) is 21.2 Å². The second kappa shape index (κ2) is 3.76. The van der Waals surface area contributed by atoms with Crippen molar-refractivity contribution in [3.63, 3.8) is 0 Å². The number of benzene rings is 2. The summed E-state index contributed by atoms with van der Waals surface area (Å²) >= 11 is 3.48. The van der Waals surface area contributed by atoms with Crippen LogP contribution in [0.5, 0.6) is 0 Å². The van der Waals surface area contributed by atoms with Crippen LogP contribution in [0.15, 0.2) is 59.2 Å². The van der Waals surface area contributed by atoms with Crippen molar-refractivity contribution in [3.8, 4) is 5.69 Å². The second-order valence-electron chi connectivity index (χ2n) is 3.56. The molecule has 0 bridgehead atoms. The van der Waals surface area contributed by atoms with Crippen molar-refractivity contribution >= 4 is 26.8 Å². The summed E-state index contributed by atoms with van der Waals surface area (Å²) in [5, 5.41) is 5.62. The Hall–Kier alpha value is -1.61. The van der Waals surface area contributed by atoms with Crippen molar-refractivity contribution < 1.29 is 0 Å². The average molecular weight is 273 g/mol. The summed E-state index contributed by atoms with van der Waals surface area (Å²) < 4.78 is 2.83. The van der Waals surface area contributed by atoms with Crippen molar-refractivity contribution in [2.24, 2.45) is 0 Å². The van der Waals surface area contributed by atoms with Gasteiger partial charge < -0.3 is 0 Å². The Labute approximate surface area is 102 Å². The van der Waals surface area contributed by atoms with Crippen LogP contribution in [0.2, 0.25) is 0 Å². The van der Waals surface area contributed by atoms with Gasteiger partial charge in [-0.25, -0.2) is 4.68 Å². The van der Waals surface area contributed by atoms with Crippen LogP contribution >= 0.6 is 15.9 Å². The van der Waals surface area contributed by atoms with Gasteiger partial charge in [0.05, 0.1) is 11.2 Å². The van der Waals surface area contributed by atoms with Crippen LogP contribution in [0.25, 0.3) is 16.6 Å². The molecule has 0 saturated heterocycles. The number of fused-ring (bicyclic) bond motifs is 1. The van der Waals surface area contributed by atoms with Crippen LogP contribution < -0.4 is 0 Å². The first kappa shape index (κ1) is 9.60. The molecule has 0 fully saturated rings. The fraction of sp³-hybridized carbons (Fsp3) is 0. The monoisotopic (exact) mass is 272 g/mol. The molecule has 3 rings (SSSR count). The first-order chi connectivity index (χ1) is 7.86. The summed E-state index contributed by atoms with van der Waals surface area (Å²) in [6.07, 6.45) is 0. The van der Waals surface area contributed by atoms with Crippen LogP contribution in [-0.2, 0) is 0 Å². The summed E-state index contributed by atoms with van der Waals surface area (Å²) in [6.45, 7) is 0. The standard InChI is InChI=1S/C13H9BrN2/c14-13-11-8-4-5-9-12(11)16(15-13)10-6-2-1-3-7-10/h1-9H. The van der Waals surface area contributed by atoms with Crippen molar-refractivity contribution in [1.82, 2.24) is 9.78 Å². The van der Waals surface area contributed by atoms with Crippen LogP contribution in [-0.4, -0.2) is 9.78 Å². The van der Waals surface area contributed by atoms with Gasteiger partial charge in [0.2, 0.25) is 0 Å². The molecule has 2 nitrogen and oxygen atoms in total. The summed E-state index contributed by atoms with van der Waals surface area (Å²) in [5.41, 5.74) is 2.19. The van der Waals surface area contributed by atoms with Gasteiger partial charge in [0.1, 0.15) is 4.60 Å². The van der Waals surface area contributed by atoms with E-state index >= 15 is 0 Å². The topological polar surface area (TPSA) is 17.8 Å². The lowest BCUT2D eigenvalue weighted by molar-refractivity contribution is 0.899. The minimum absolute atomic E-state index is 0.881. The maximum absolute atomic E-state index is 4.49. The van der Waals surface area contributed by atoms with Gasteiger partial charge in [0, 0.05) is 5.39 Å². The third kappa shape index (κ3) is 1.44. The average Bonchev–Trinajstić information content (AvgIpc) is 2.69. The van der Waals surface area contributed by atoms with Crippen LogP contribution in [0.3, 0.4) is 0 Å². The highest BCUT2D eigenvalue weighted by Crippen LogP contribution is 2.25. The van der Waals surface area contributed by atoms with E-state index in [1.165, 1.54) is 0 Å². The largest absolute Gasteiger partial charge is 0.232 e. The minimum Gasteiger partial charge on any atom is -0.232 e. The molecule has 1 heterocycles. The van der Waals surface area contributed by atoms with Gasteiger partial charge in [-0.15, -0.1) is 0 Å². The number of para-hydroxylation sites is 2. The number of aromatic nitrogens is 2. The van der Waals surface area contributed by atoms with Crippen molar-refractivity contribution in [3.05, 3.63) is 59.2 Å². The molecule has 0 unspecified atom stereocenters. The second-order valence-corrected chi connectivity index (χ2v) is 4.31. The summed E-state index contributed by atoms with van der Waals surface area (Å²) in [4.78, 5) is 0. The summed E-state index contributed by atoms with van der Waals surface area (Å²) in [5.74, 6) is 0. The van der Waals surface area contributed by atoms with Gasteiger partial charge in [-0.2, -0.15) is 5.10 Å². The quantitative estimate of drug-likeness (QED) is 0.659. The number of hydrogen-bond donors (Lipinski definition) is 0. The predicted octanol–water partition coefficient (Wildman–Crippen LogP) is 3.79. The molecular weight excluding hydrogens is 264 g/mol. The highest BCUT2D eigenvalue weighted by molar-refractivity contribution is 9.10. The molecule has 0 radical (unpaired) electrons. The van der Waals surface area contributed by atoms with E-state index in [0.29, 0.717) is 0 Å². The lowest BCUT2D eigenvalue weighted by Gasteiger charge is -2.01. The van der Waals surface area contributed by atoms with Crippen molar-refractivity contribution in [2.75, 3.05) is 0 Å². The van der Waals surface area contributed by atoms with Gasteiger partial charge in [0.15, 0.2) is 0 Å². The first-order valence-corrected chi connectivity index (χ1v) is 5.84. The summed E-state index contributed by atoms with van der Waals surface area (Å²) in [7, 11) is 0. The van der Waals surface area contributed by atoms with Crippen molar-refractivity contribution in [1.29, 1.82) is 0 Å². The van der Waals surface area contributed by atoms with Gasteiger partial charge in [-0.3, -0.25) is 0 Å². The van der Waals surface area contributed by atoms with Gasteiger partial charge in [-0.1, -0.05) is 36.4 Å². The van der Waals surface area contributed by atoms with E-state index in [1.807, 2.05) is 47.1 Å². The molecule has 0 N–H and O–H groups in total. The zero-order valence-electron chi connectivity index (χ0n) is 8.47. The van der Waals surface area contributed by atoms with E-state index in [9.17, 15) is 0 Å². The number of rotatable bonds is 1. The van der Waals surface area contributed by atoms with Crippen LogP contribution in [0, 0.1) is 0 Å². The SMILES string of the molecule is Brc1nn(-c2ccccc2)c2ccccc12. The van der Waals surface area contributed by atoms with Gasteiger partial charge in [-0.05, 0) is 34.1 Å². The molecule has 3 aromatic rings. The zero-order chi connectivity index (χ0) is 11.0. The third-order valence-corrected chi connectivity index (χ3v) is 3.13. The van der Waals surface area contributed by atoms with E-state index < -0.39 is 0 Å². The fourth-order valence-electron chi connectivity index (χ4n) is 1.79. The van der Waals surface area contributed by atoms with E-state index in [2.05, 4.69) is 33.2 Å². The van der Waals surface area contributed by atoms with Crippen LogP contribution in [0.4, 0.5) is 0 Å². The fourth-order valence-corrected chi connectivity index (χ4v) is 2.29. The molecule has 0 aliphatic carbocycles. The zero-order valence-corrected chi connectivity index (χ0v) is 10.1. The van der Waals surface area contributed by atoms with E-state index in [1.54, 1.807) is 0 Å². The Balaban J connectivity index is 2.33. The van der Waals surface area contributed by atoms with Crippen molar-refractivity contribution in [2.45, 2.75) is 0 Å². The molecule has 0 amide bonds. The highest BCUT2D eigenvalue weighted by Gasteiger charge is 2.07. The first-order valence-electron chi connectivity index (χ1n) is 5.05. The Bertz CT molecular complexity index is 629. The molecule has 2 aromatic carbocycles. The van der Waals surface area contributed by atoms with Crippen LogP contribution in [0.1, 0.15) is 0 Å².